The molecule has 0 N–H and O–H groups in total. The van der Waals surface area contributed by atoms with E-state index in [9.17, 15) is 4.79 Å². The van der Waals surface area contributed by atoms with Crippen LogP contribution in [0.1, 0.15) is 5.56 Å². The number of nitrogens with zero attached hydrogens (tertiary/aromatic N) is 2. The summed E-state index contributed by atoms with van der Waals surface area (Å²) < 4.78 is 0. The molecule has 2 aromatic carbocycles. The molecule has 0 radical (unpaired) electrons. The maximum atomic E-state index is 12.0. The van der Waals surface area contributed by atoms with E-state index in [0.717, 1.165) is 27.7 Å². The second-order valence-electron chi connectivity index (χ2n) is 4.58. The van der Waals surface area contributed by atoms with E-state index in [1.165, 1.54) is 0 Å². The predicted octanol–water partition coefficient (Wildman–Crippen LogP) is 3.09. The molecule has 86 valence electrons. The van der Waals surface area contributed by atoms with E-state index in [1.807, 2.05) is 19.1 Å². The van der Waals surface area contributed by atoms with Crippen LogP contribution in [0.4, 0.5) is 11.4 Å². The first-order valence-electron chi connectivity index (χ1n) is 5.89. The number of carbonyl (C=O) groups is 1. The summed E-state index contributed by atoms with van der Waals surface area (Å²) in [4.78, 5) is 18.2. The maximum absolute atomic E-state index is 12.0. The topological polar surface area (TPSA) is 32.7 Å². The minimum atomic E-state index is -0.0150. The Hall–Kier alpha value is -2.42. The Labute approximate surface area is 104 Å². The number of hydrogen-bond acceptors (Lipinski definition) is 2. The SMILES string of the molecule is Cc1ccc2cccc3c2c1N1C(=O)C=CC1=N3. The number of anilines is 1. The third-order valence-electron chi connectivity index (χ3n) is 3.48. The van der Waals surface area contributed by atoms with E-state index in [0.29, 0.717) is 5.84 Å². The molecule has 2 aromatic rings. The Morgan fingerprint density at radius 1 is 1.11 bits per heavy atom. The molecule has 0 spiro atoms. The molecule has 3 heteroatoms. The third-order valence-corrected chi connectivity index (χ3v) is 3.48. The van der Waals surface area contributed by atoms with Crippen LogP contribution in [0.25, 0.3) is 10.8 Å². The van der Waals surface area contributed by atoms with Crippen molar-refractivity contribution in [3.63, 3.8) is 0 Å². The van der Waals surface area contributed by atoms with Crippen LogP contribution < -0.4 is 4.90 Å². The maximum Gasteiger partial charge on any atom is 0.256 e. The first kappa shape index (κ1) is 9.59. The average molecular weight is 234 g/mol. The molecule has 4 rings (SSSR count). The van der Waals surface area contributed by atoms with Gasteiger partial charge in [-0.05, 0) is 30.0 Å². The van der Waals surface area contributed by atoms with Gasteiger partial charge in [0.25, 0.3) is 5.91 Å². The Kier molecular flexibility index (Phi) is 1.64. The summed E-state index contributed by atoms with van der Waals surface area (Å²) in [6, 6.07) is 10.2. The summed E-state index contributed by atoms with van der Waals surface area (Å²) in [6.07, 6.45) is 3.35. The standard InChI is InChI=1S/C15H10N2O/c1-9-5-6-10-3-2-4-11-14(10)15(9)17-12(16-11)7-8-13(17)18/h2-8H,1H3. The fourth-order valence-electron chi connectivity index (χ4n) is 2.67. The van der Waals surface area contributed by atoms with E-state index >= 15 is 0 Å². The lowest BCUT2D eigenvalue weighted by Crippen LogP contribution is -2.32. The van der Waals surface area contributed by atoms with Crippen LogP contribution in [0.5, 0.6) is 0 Å². The first-order chi connectivity index (χ1) is 8.75. The van der Waals surface area contributed by atoms with Gasteiger partial charge in [-0.3, -0.25) is 9.69 Å². The highest BCUT2D eigenvalue weighted by Crippen LogP contribution is 2.41. The fraction of sp³-hybridized carbons (Fsp3) is 0.0667. The number of hydrogen-bond donors (Lipinski definition) is 0. The number of aliphatic imine (C=N–C) groups is 1. The number of benzene rings is 2. The summed E-state index contributed by atoms with van der Waals surface area (Å²) in [7, 11) is 0. The van der Waals surface area contributed by atoms with Crippen LogP contribution in [0.2, 0.25) is 0 Å². The summed E-state index contributed by atoms with van der Waals surface area (Å²) in [5, 5.41) is 2.19. The molecule has 2 aliphatic heterocycles. The predicted molar refractivity (Wildman–Crippen MR) is 72.4 cm³/mol. The number of amides is 1. The summed E-state index contributed by atoms with van der Waals surface area (Å²) >= 11 is 0. The zero-order valence-corrected chi connectivity index (χ0v) is 9.84. The van der Waals surface area contributed by atoms with E-state index in [2.05, 4.69) is 23.2 Å². The van der Waals surface area contributed by atoms with Crippen LogP contribution in [0.15, 0.2) is 47.5 Å². The van der Waals surface area contributed by atoms with Crippen molar-refractivity contribution >= 4 is 33.9 Å². The molecule has 2 aliphatic rings. The molecule has 0 saturated carbocycles. The lowest BCUT2D eigenvalue weighted by molar-refractivity contribution is -0.113. The Bertz CT molecular complexity index is 771. The van der Waals surface area contributed by atoms with Crippen molar-refractivity contribution in [3.05, 3.63) is 48.0 Å². The molecule has 0 bridgehead atoms. The average Bonchev–Trinajstić information content (AvgIpc) is 2.74. The van der Waals surface area contributed by atoms with Crippen molar-refractivity contribution in [1.82, 2.24) is 0 Å². The summed E-state index contributed by atoms with van der Waals surface area (Å²) in [5.41, 5.74) is 3.01. The van der Waals surface area contributed by atoms with E-state index < -0.39 is 0 Å². The zero-order valence-electron chi connectivity index (χ0n) is 9.84. The molecular weight excluding hydrogens is 224 g/mol. The Morgan fingerprint density at radius 3 is 2.89 bits per heavy atom. The van der Waals surface area contributed by atoms with Crippen molar-refractivity contribution < 1.29 is 4.79 Å². The molecule has 0 saturated heterocycles. The van der Waals surface area contributed by atoms with Crippen molar-refractivity contribution in [2.45, 2.75) is 6.92 Å². The van der Waals surface area contributed by atoms with Crippen molar-refractivity contribution in [2.24, 2.45) is 4.99 Å². The van der Waals surface area contributed by atoms with Gasteiger partial charge in [-0.25, -0.2) is 4.99 Å². The number of carbonyl (C=O) groups excluding carboxylic acids is 1. The molecule has 0 aromatic heterocycles. The zero-order chi connectivity index (χ0) is 12.3. The van der Waals surface area contributed by atoms with Gasteiger partial charge >= 0.3 is 0 Å². The highest BCUT2D eigenvalue weighted by atomic mass is 16.2. The van der Waals surface area contributed by atoms with Gasteiger partial charge < -0.3 is 0 Å². The van der Waals surface area contributed by atoms with Gasteiger partial charge in [-0.2, -0.15) is 0 Å². The number of fused-ring (bicyclic) bond motifs is 2. The van der Waals surface area contributed by atoms with Gasteiger partial charge in [0.1, 0.15) is 5.84 Å². The van der Waals surface area contributed by atoms with Crippen molar-refractivity contribution in [1.29, 1.82) is 0 Å². The van der Waals surface area contributed by atoms with E-state index in [4.69, 9.17) is 0 Å². The molecule has 0 aliphatic carbocycles. The van der Waals surface area contributed by atoms with Crippen LogP contribution in [0.3, 0.4) is 0 Å². The quantitative estimate of drug-likeness (QED) is 0.689. The van der Waals surface area contributed by atoms with Crippen molar-refractivity contribution in [2.75, 3.05) is 4.90 Å². The normalized spacial score (nSPS) is 16.2. The van der Waals surface area contributed by atoms with Gasteiger partial charge in [0.05, 0.1) is 11.4 Å². The highest BCUT2D eigenvalue weighted by molar-refractivity contribution is 6.35. The first-order valence-corrected chi connectivity index (χ1v) is 5.89. The molecule has 18 heavy (non-hydrogen) atoms. The lowest BCUT2D eigenvalue weighted by Gasteiger charge is -2.26. The third kappa shape index (κ3) is 1.03. The number of aryl methyl sites for hydroxylation is 1. The van der Waals surface area contributed by atoms with Crippen LogP contribution in [-0.4, -0.2) is 11.7 Å². The fourth-order valence-corrected chi connectivity index (χ4v) is 2.67. The van der Waals surface area contributed by atoms with Crippen molar-refractivity contribution in [3.8, 4) is 0 Å². The lowest BCUT2D eigenvalue weighted by atomic mass is 10.0. The largest absolute Gasteiger partial charge is 0.269 e. The second-order valence-corrected chi connectivity index (χ2v) is 4.58. The molecule has 1 amide bonds. The van der Waals surface area contributed by atoms with Gasteiger partial charge in [0.15, 0.2) is 0 Å². The van der Waals surface area contributed by atoms with E-state index in [-0.39, 0.29) is 5.91 Å². The summed E-state index contributed by atoms with van der Waals surface area (Å²) in [5.74, 6) is 0.702. The molecule has 3 nitrogen and oxygen atoms in total. The van der Waals surface area contributed by atoms with Gasteiger partial charge in [0, 0.05) is 11.5 Å². The molecule has 0 fully saturated rings. The summed E-state index contributed by atoms with van der Waals surface area (Å²) in [6.45, 7) is 2.03. The Morgan fingerprint density at radius 2 is 2.00 bits per heavy atom. The van der Waals surface area contributed by atoms with Gasteiger partial charge in [0.2, 0.25) is 0 Å². The van der Waals surface area contributed by atoms with Crippen LogP contribution in [-0.2, 0) is 4.79 Å². The van der Waals surface area contributed by atoms with Gasteiger partial charge in [-0.1, -0.05) is 24.3 Å². The minimum Gasteiger partial charge on any atom is -0.269 e. The van der Waals surface area contributed by atoms with Crippen LogP contribution in [0, 0.1) is 6.92 Å². The second kappa shape index (κ2) is 3.07. The molecule has 2 heterocycles. The van der Waals surface area contributed by atoms with Gasteiger partial charge in [-0.15, -0.1) is 0 Å². The van der Waals surface area contributed by atoms with Crippen LogP contribution >= 0.6 is 0 Å². The number of rotatable bonds is 0. The molecule has 0 unspecified atom stereocenters. The Balaban J connectivity index is 2.20. The number of amidine groups is 1. The highest BCUT2D eigenvalue weighted by Gasteiger charge is 2.30. The molecular formula is C15H10N2O. The minimum absolute atomic E-state index is 0.0150. The smallest absolute Gasteiger partial charge is 0.256 e. The monoisotopic (exact) mass is 234 g/mol. The molecule has 0 atom stereocenters. The van der Waals surface area contributed by atoms with E-state index in [1.54, 1.807) is 17.1 Å².